The number of hydrogen-bond acceptors (Lipinski definition) is 5. The predicted molar refractivity (Wildman–Crippen MR) is 130 cm³/mol. The zero-order valence-electron chi connectivity index (χ0n) is 20.0. The molecule has 33 heavy (non-hydrogen) atoms. The molecule has 2 amide bonds. The molecule has 1 fully saturated rings. The summed E-state index contributed by atoms with van der Waals surface area (Å²) >= 11 is 0. The third-order valence-corrected chi connectivity index (χ3v) is 6.83. The number of likely N-dealkylation sites (N-methyl/N-ethyl adjacent to an activating group) is 1. The van der Waals surface area contributed by atoms with Crippen molar-refractivity contribution in [1.29, 1.82) is 0 Å². The van der Waals surface area contributed by atoms with Gasteiger partial charge in [-0.2, -0.15) is 0 Å². The number of para-hydroxylation sites is 1. The highest BCUT2D eigenvalue weighted by molar-refractivity contribution is 5.92. The Hall–Kier alpha value is -2.77. The van der Waals surface area contributed by atoms with E-state index in [2.05, 4.69) is 22.0 Å². The summed E-state index contributed by atoms with van der Waals surface area (Å²) in [6.45, 7) is 4.74. The predicted octanol–water partition coefficient (Wildman–Crippen LogP) is 2.76. The van der Waals surface area contributed by atoms with Crippen LogP contribution in [0.15, 0.2) is 48.8 Å². The van der Waals surface area contributed by atoms with Crippen LogP contribution in [0.3, 0.4) is 0 Å². The average molecular weight is 450 g/mol. The number of pyridine rings is 1. The molecule has 0 aliphatic carbocycles. The van der Waals surface area contributed by atoms with Gasteiger partial charge < -0.3 is 14.7 Å². The van der Waals surface area contributed by atoms with E-state index in [4.69, 9.17) is 0 Å². The topological polar surface area (TPSA) is 60.0 Å². The van der Waals surface area contributed by atoms with Crippen molar-refractivity contribution in [2.45, 2.75) is 51.4 Å². The van der Waals surface area contributed by atoms with Gasteiger partial charge in [0.25, 0.3) is 0 Å². The molecule has 0 spiro atoms. The summed E-state index contributed by atoms with van der Waals surface area (Å²) in [5, 5.41) is 0. The van der Waals surface area contributed by atoms with Crippen LogP contribution < -0.4 is 4.90 Å². The largest absolute Gasteiger partial charge is 0.336 e. The van der Waals surface area contributed by atoms with E-state index in [-0.39, 0.29) is 11.8 Å². The standard InChI is InChI=1S/C26H35N5O2/c1-20(32)30-15-12-23-8-9-24(31(23)16-21-10-13-27-14-11-21)18-29(26(33)19-28(2)3)17-22-6-4-5-7-25(22)30/h4-7,10-11,13-14,23-24H,8-9,12,15-19H2,1-3H3. The lowest BCUT2D eigenvalue weighted by Gasteiger charge is -2.34. The van der Waals surface area contributed by atoms with E-state index in [1.807, 2.05) is 65.5 Å². The maximum Gasteiger partial charge on any atom is 0.237 e. The van der Waals surface area contributed by atoms with Gasteiger partial charge in [-0.1, -0.05) is 18.2 Å². The van der Waals surface area contributed by atoms with Crippen LogP contribution in [-0.2, 0) is 22.7 Å². The number of benzene rings is 1. The molecule has 1 saturated heterocycles. The maximum absolute atomic E-state index is 13.3. The number of hydrogen-bond donors (Lipinski definition) is 0. The van der Waals surface area contributed by atoms with Crippen LogP contribution in [0.4, 0.5) is 5.69 Å². The first kappa shape index (κ1) is 23.4. The van der Waals surface area contributed by atoms with Crippen molar-refractivity contribution >= 4 is 17.5 Å². The lowest BCUT2D eigenvalue weighted by molar-refractivity contribution is -0.133. The molecule has 0 N–H and O–H groups in total. The molecule has 2 aliphatic heterocycles. The van der Waals surface area contributed by atoms with Gasteiger partial charge in [-0.3, -0.25) is 19.5 Å². The number of carbonyl (C=O) groups excluding carboxylic acids is 2. The minimum Gasteiger partial charge on any atom is -0.336 e. The number of carbonyl (C=O) groups is 2. The first-order chi connectivity index (χ1) is 15.9. The lowest BCUT2D eigenvalue weighted by Crippen LogP contribution is -2.46. The molecule has 7 heteroatoms. The van der Waals surface area contributed by atoms with Gasteiger partial charge in [0.05, 0.1) is 6.54 Å². The molecule has 4 rings (SSSR count). The maximum atomic E-state index is 13.3. The van der Waals surface area contributed by atoms with Gasteiger partial charge in [0.15, 0.2) is 0 Å². The van der Waals surface area contributed by atoms with Gasteiger partial charge in [-0.05, 0) is 62.7 Å². The molecule has 1 aromatic carbocycles. The lowest BCUT2D eigenvalue weighted by atomic mass is 10.1. The van der Waals surface area contributed by atoms with E-state index >= 15 is 0 Å². The van der Waals surface area contributed by atoms with Gasteiger partial charge in [0, 0.05) is 63.3 Å². The van der Waals surface area contributed by atoms with E-state index in [0.29, 0.717) is 38.3 Å². The van der Waals surface area contributed by atoms with Gasteiger partial charge >= 0.3 is 0 Å². The minimum absolute atomic E-state index is 0.0445. The van der Waals surface area contributed by atoms with Gasteiger partial charge in [0.1, 0.15) is 0 Å². The van der Waals surface area contributed by atoms with E-state index < -0.39 is 0 Å². The molecule has 2 aliphatic rings. The number of rotatable bonds is 4. The molecule has 7 nitrogen and oxygen atoms in total. The Morgan fingerprint density at radius 3 is 2.48 bits per heavy atom. The first-order valence-corrected chi connectivity index (χ1v) is 11.9. The molecule has 2 unspecified atom stereocenters. The Kier molecular flexibility index (Phi) is 7.40. The second kappa shape index (κ2) is 10.4. The van der Waals surface area contributed by atoms with Crippen LogP contribution >= 0.6 is 0 Å². The van der Waals surface area contributed by atoms with Crippen molar-refractivity contribution in [3.05, 3.63) is 59.9 Å². The van der Waals surface area contributed by atoms with Crippen LogP contribution in [0.5, 0.6) is 0 Å². The zero-order chi connectivity index (χ0) is 23.4. The number of anilines is 1. The number of fused-ring (bicyclic) bond motifs is 3. The van der Waals surface area contributed by atoms with Gasteiger partial charge in [-0.15, -0.1) is 0 Å². The van der Waals surface area contributed by atoms with Gasteiger partial charge in [-0.25, -0.2) is 0 Å². The summed E-state index contributed by atoms with van der Waals surface area (Å²) in [5.74, 6) is 0.166. The molecule has 2 aromatic rings. The molecule has 2 atom stereocenters. The number of amides is 2. The summed E-state index contributed by atoms with van der Waals surface area (Å²) in [7, 11) is 3.86. The van der Waals surface area contributed by atoms with Crippen molar-refractivity contribution in [3.63, 3.8) is 0 Å². The second-order valence-corrected chi connectivity index (χ2v) is 9.51. The van der Waals surface area contributed by atoms with E-state index in [1.54, 1.807) is 6.92 Å². The molecule has 0 radical (unpaired) electrons. The van der Waals surface area contributed by atoms with Crippen molar-refractivity contribution < 1.29 is 9.59 Å². The van der Waals surface area contributed by atoms with E-state index in [1.165, 1.54) is 5.56 Å². The van der Waals surface area contributed by atoms with Crippen LogP contribution in [0.2, 0.25) is 0 Å². The normalized spacial score (nSPS) is 21.6. The molecule has 3 heterocycles. The summed E-state index contributed by atoms with van der Waals surface area (Å²) in [4.78, 5) is 38.5. The smallest absolute Gasteiger partial charge is 0.237 e. The Bertz CT molecular complexity index is 964. The molecule has 0 saturated carbocycles. The minimum atomic E-state index is 0.0445. The van der Waals surface area contributed by atoms with Crippen molar-refractivity contribution in [3.8, 4) is 0 Å². The Morgan fingerprint density at radius 1 is 1.03 bits per heavy atom. The van der Waals surface area contributed by atoms with Crippen molar-refractivity contribution in [2.75, 3.05) is 38.6 Å². The second-order valence-electron chi connectivity index (χ2n) is 9.51. The Labute approximate surface area is 197 Å². The highest BCUT2D eigenvalue weighted by Crippen LogP contribution is 2.32. The van der Waals surface area contributed by atoms with Crippen LogP contribution in [0.1, 0.15) is 37.3 Å². The quantitative estimate of drug-likeness (QED) is 0.718. The molecular weight excluding hydrogens is 414 g/mol. The fraction of sp³-hybridized carbons (Fsp3) is 0.500. The fourth-order valence-electron chi connectivity index (χ4n) is 5.20. The van der Waals surface area contributed by atoms with Crippen LogP contribution in [0, 0.1) is 0 Å². The Balaban J connectivity index is 1.70. The fourth-order valence-corrected chi connectivity index (χ4v) is 5.20. The van der Waals surface area contributed by atoms with Crippen LogP contribution in [-0.4, -0.2) is 77.3 Å². The molecule has 1 aromatic heterocycles. The third kappa shape index (κ3) is 5.60. The highest BCUT2D eigenvalue weighted by atomic mass is 16.2. The highest BCUT2D eigenvalue weighted by Gasteiger charge is 2.36. The summed E-state index contributed by atoms with van der Waals surface area (Å²) in [6.07, 6.45) is 6.73. The SMILES string of the molecule is CC(=O)N1CCC2CCC(CN(C(=O)CN(C)C)Cc3ccccc31)N2Cc1ccncc1. The number of aromatic nitrogens is 1. The van der Waals surface area contributed by atoms with Crippen molar-refractivity contribution in [2.24, 2.45) is 0 Å². The zero-order valence-corrected chi connectivity index (χ0v) is 20.0. The van der Waals surface area contributed by atoms with Crippen LogP contribution in [0.25, 0.3) is 0 Å². The number of nitrogens with zero attached hydrogens (tertiary/aromatic N) is 5. The molecular formula is C26H35N5O2. The van der Waals surface area contributed by atoms with E-state index in [0.717, 1.165) is 37.1 Å². The monoisotopic (exact) mass is 449 g/mol. The van der Waals surface area contributed by atoms with Crippen molar-refractivity contribution in [1.82, 2.24) is 19.7 Å². The Morgan fingerprint density at radius 2 is 1.76 bits per heavy atom. The summed E-state index contributed by atoms with van der Waals surface area (Å²) in [6, 6.07) is 12.8. The van der Waals surface area contributed by atoms with E-state index in [9.17, 15) is 9.59 Å². The molecule has 176 valence electrons. The van der Waals surface area contributed by atoms with Gasteiger partial charge in [0.2, 0.25) is 11.8 Å². The third-order valence-electron chi connectivity index (χ3n) is 6.83. The summed E-state index contributed by atoms with van der Waals surface area (Å²) < 4.78 is 0. The first-order valence-electron chi connectivity index (χ1n) is 11.9. The molecule has 2 bridgehead atoms. The summed E-state index contributed by atoms with van der Waals surface area (Å²) in [5.41, 5.74) is 3.18. The average Bonchev–Trinajstić information content (AvgIpc) is 3.14.